The zero-order valence-electron chi connectivity index (χ0n) is 8.06. The van der Waals surface area contributed by atoms with Crippen LogP contribution in [-0.2, 0) is 19.0 Å². The smallest absolute Gasteiger partial charge is 0.306 e. The lowest BCUT2D eigenvalue weighted by Crippen LogP contribution is -2.54. The summed E-state index contributed by atoms with van der Waals surface area (Å²) in [6, 6.07) is 0. The molecule has 3 rings (SSSR count). The van der Waals surface area contributed by atoms with E-state index in [1.54, 1.807) is 6.92 Å². The van der Waals surface area contributed by atoms with Gasteiger partial charge in [-0.25, -0.2) is 0 Å². The Kier molecular flexibility index (Phi) is 2.47. The molecule has 3 saturated heterocycles. The molecule has 0 amide bonds. The van der Waals surface area contributed by atoms with Crippen LogP contribution in [0.25, 0.3) is 0 Å². The fraction of sp³-hybridized carbons (Fsp3) is 0.889. The normalized spacial score (nSPS) is 38.2. The summed E-state index contributed by atoms with van der Waals surface area (Å²) in [4.78, 5) is 10.7. The van der Waals surface area contributed by atoms with Gasteiger partial charge in [-0.15, -0.1) is 0 Å². The summed E-state index contributed by atoms with van der Waals surface area (Å²) < 4.78 is 16.1. The maximum absolute atomic E-state index is 10.7. The molecule has 5 heteroatoms. The molecule has 80 valence electrons. The molecular formula is C9H14O5. The van der Waals surface area contributed by atoms with Gasteiger partial charge in [0.05, 0.1) is 25.7 Å². The second-order valence-corrected chi connectivity index (χ2v) is 3.93. The highest BCUT2D eigenvalue weighted by Gasteiger charge is 2.46. The average Bonchev–Trinajstić information content (AvgIpc) is 2.19. The first kappa shape index (κ1) is 9.89. The second-order valence-electron chi connectivity index (χ2n) is 3.93. The molecule has 3 heterocycles. The highest BCUT2D eigenvalue weighted by molar-refractivity contribution is 5.69. The predicted octanol–water partition coefficient (Wildman–Crippen LogP) is 0.444. The average molecular weight is 202 g/mol. The van der Waals surface area contributed by atoms with Crippen molar-refractivity contribution in [2.45, 2.75) is 19.3 Å². The molecule has 0 aliphatic carbocycles. The number of ether oxygens (including phenoxy) is 3. The Morgan fingerprint density at radius 3 is 2.36 bits per heavy atom. The zero-order valence-corrected chi connectivity index (χ0v) is 8.06. The first-order valence-electron chi connectivity index (χ1n) is 4.76. The van der Waals surface area contributed by atoms with Crippen molar-refractivity contribution in [2.75, 3.05) is 19.8 Å². The number of fused-ring (bicyclic) bond motifs is 3. The van der Waals surface area contributed by atoms with Gasteiger partial charge in [-0.1, -0.05) is 6.92 Å². The summed E-state index contributed by atoms with van der Waals surface area (Å²) in [6.07, 6.45) is 0.245. The molecule has 1 atom stereocenters. The van der Waals surface area contributed by atoms with Crippen molar-refractivity contribution in [3.05, 3.63) is 0 Å². The van der Waals surface area contributed by atoms with E-state index in [-0.39, 0.29) is 6.42 Å². The quantitative estimate of drug-likeness (QED) is 0.719. The summed E-state index contributed by atoms with van der Waals surface area (Å²) in [5, 5.41) is 8.77. The molecule has 0 spiro atoms. The summed E-state index contributed by atoms with van der Waals surface area (Å²) >= 11 is 0. The van der Waals surface area contributed by atoms with Crippen molar-refractivity contribution in [2.24, 2.45) is 11.8 Å². The molecule has 3 fully saturated rings. The van der Waals surface area contributed by atoms with Crippen LogP contribution in [0.5, 0.6) is 0 Å². The lowest BCUT2D eigenvalue weighted by atomic mass is 10.0. The highest BCUT2D eigenvalue weighted by Crippen LogP contribution is 2.34. The first-order chi connectivity index (χ1) is 6.61. The van der Waals surface area contributed by atoms with E-state index in [2.05, 4.69) is 0 Å². The summed E-state index contributed by atoms with van der Waals surface area (Å²) in [5.74, 6) is -2.17. The molecule has 0 aromatic rings. The fourth-order valence-electron chi connectivity index (χ4n) is 1.64. The number of carbonyl (C=O) groups is 1. The minimum Gasteiger partial charge on any atom is -0.481 e. The number of rotatable bonds is 3. The number of hydrogen-bond acceptors (Lipinski definition) is 4. The van der Waals surface area contributed by atoms with Gasteiger partial charge in [0.25, 0.3) is 5.97 Å². The minimum atomic E-state index is -1.09. The summed E-state index contributed by atoms with van der Waals surface area (Å²) in [6.45, 7) is 3.43. The van der Waals surface area contributed by atoms with Crippen molar-refractivity contribution < 1.29 is 24.1 Å². The van der Waals surface area contributed by atoms with Gasteiger partial charge in [0.15, 0.2) is 0 Å². The fourth-order valence-corrected chi connectivity index (χ4v) is 1.64. The molecule has 0 radical (unpaired) electrons. The van der Waals surface area contributed by atoms with E-state index in [4.69, 9.17) is 19.3 Å². The second kappa shape index (κ2) is 3.49. The Bertz CT molecular complexity index is 218. The van der Waals surface area contributed by atoms with Crippen molar-refractivity contribution >= 4 is 5.97 Å². The minimum absolute atomic E-state index is 0.245. The van der Waals surface area contributed by atoms with Crippen molar-refractivity contribution in [3.63, 3.8) is 0 Å². The molecule has 3 aliphatic heterocycles. The molecule has 3 aliphatic rings. The van der Waals surface area contributed by atoms with E-state index in [0.29, 0.717) is 25.7 Å². The zero-order chi connectivity index (χ0) is 10.2. The number of hydrogen-bond donors (Lipinski definition) is 1. The van der Waals surface area contributed by atoms with Gasteiger partial charge in [0.1, 0.15) is 0 Å². The van der Waals surface area contributed by atoms with Crippen LogP contribution >= 0.6 is 0 Å². The molecule has 5 nitrogen and oxygen atoms in total. The summed E-state index contributed by atoms with van der Waals surface area (Å²) in [5.41, 5.74) is 0. The maximum atomic E-state index is 10.7. The van der Waals surface area contributed by atoms with Crippen LogP contribution in [0.3, 0.4) is 0 Å². The van der Waals surface area contributed by atoms with Crippen LogP contribution in [0.4, 0.5) is 0 Å². The Labute approximate surface area is 81.9 Å². The van der Waals surface area contributed by atoms with Crippen molar-refractivity contribution in [1.29, 1.82) is 0 Å². The largest absolute Gasteiger partial charge is 0.481 e. The van der Waals surface area contributed by atoms with E-state index in [9.17, 15) is 4.79 Å². The van der Waals surface area contributed by atoms with Gasteiger partial charge in [-0.05, 0) is 0 Å². The van der Waals surface area contributed by atoms with Gasteiger partial charge in [0, 0.05) is 12.3 Å². The Hall–Kier alpha value is -0.650. The Balaban J connectivity index is 1.98. The molecule has 1 N–H and O–H groups in total. The van der Waals surface area contributed by atoms with Gasteiger partial charge in [-0.2, -0.15) is 0 Å². The third-order valence-corrected chi connectivity index (χ3v) is 2.59. The van der Waals surface area contributed by atoms with Crippen molar-refractivity contribution in [3.8, 4) is 0 Å². The number of aliphatic carboxylic acids is 1. The maximum Gasteiger partial charge on any atom is 0.306 e. The molecule has 0 aromatic heterocycles. The Morgan fingerprint density at radius 1 is 1.43 bits per heavy atom. The Morgan fingerprint density at radius 2 is 1.93 bits per heavy atom. The lowest BCUT2D eigenvalue weighted by Gasteiger charge is -2.45. The van der Waals surface area contributed by atoms with Crippen LogP contribution in [0.15, 0.2) is 0 Å². The standard InChI is InChI=1S/C9H14O5/c1-6(8(10)11)2-9-12-3-7(4-13-9)5-14-9/h6-7H,2-5H2,1H3,(H,10,11). The van der Waals surface area contributed by atoms with Crippen LogP contribution in [0, 0.1) is 11.8 Å². The van der Waals surface area contributed by atoms with E-state index < -0.39 is 17.9 Å². The molecule has 2 bridgehead atoms. The SMILES string of the molecule is CC(CC12OCC(CO1)CO2)C(=O)O. The monoisotopic (exact) mass is 202 g/mol. The van der Waals surface area contributed by atoms with Crippen LogP contribution in [0.2, 0.25) is 0 Å². The van der Waals surface area contributed by atoms with Crippen LogP contribution in [0.1, 0.15) is 13.3 Å². The molecular weight excluding hydrogens is 188 g/mol. The third-order valence-electron chi connectivity index (χ3n) is 2.59. The number of carboxylic acids is 1. The van der Waals surface area contributed by atoms with E-state index in [1.807, 2.05) is 0 Å². The highest BCUT2D eigenvalue weighted by atomic mass is 16.9. The van der Waals surface area contributed by atoms with Gasteiger partial charge < -0.3 is 19.3 Å². The topological polar surface area (TPSA) is 65.0 Å². The van der Waals surface area contributed by atoms with Gasteiger partial charge in [-0.3, -0.25) is 4.79 Å². The first-order valence-corrected chi connectivity index (χ1v) is 4.76. The van der Waals surface area contributed by atoms with Gasteiger partial charge >= 0.3 is 5.97 Å². The number of carboxylic acid groups (broad SMARTS) is 1. The lowest BCUT2D eigenvalue weighted by molar-refractivity contribution is -0.452. The molecule has 1 unspecified atom stereocenters. The third kappa shape index (κ3) is 1.75. The molecule has 14 heavy (non-hydrogen) atoms. The molecule has 0 aromatic carbocycles. The predicted molar refractivity (Wildman–Crippen MR) is 45.5 cm³/mol. The van der Waals surface area contributed by atoms with Crippen LogP contribution in [-0.4, -0.2) is 36.9 Å². The van der Waals surface area contributed by atoms with E-state index in [1.165, 1.54) is 0 Å². The van der Waals surface area contributed by atoms with E-state index >= 15 is 0 Å². The van der Waals surface area contributed by atoms with Crippen molar-refractivity contribution in [1.82, 2.24) is 0 Å². The van der Waals surface area contributed by atoms with E-state index in [0.717, 1.165) is 0 Å². The molecule has 0 saturated carbocycles. The van der Waals surface area contributed by atoms with Gasteiger partial charge in [0.2, 0.25) is 0 Å². The van der Waals surface area contributed by atoms with Crippen LogP contribution < -0.4 is 0 Å². The summed E-state index contributed by atoms with van der Waals surface area (Å²) in [7, 11) is 0.